The van der Waals surface area contributed by atoms with Gasteiger partial charge in [-0.25, -0.2) is 0 Å². The van der Waals surface area contributed by atoms with E-state index in [1.165, 1.54) is 107 Å². The third-order valence-corrected chi connectivity index (χ3v) is 6.27. The highest BCUT2D eigenvalue weighted by Crippen LogP contribution is 2.32. The average molecular weight is 351 g/mol. The molecule has 0 N–H and O–H groups in total. The molecule has 0 nitrogen and oxygen atoms in total. The van der Waals surface area contributed by atoms with Gasteiger partial charge >= 0.3 is 0 Å². The van der Waals surface area contributed by atoms with Crippen LogP contribution in [0.5, 0.6) is 0 Å². The molecule has 2 aromatic rings. The molecule has 0 atom stereocenters. The molecule has 1 aliphatic carbocycles. The van der Waals surface area contributed by atoms with Gasteiger partial charge in [0.15, 0.2) is 0 Å². The molecule has 2 aromatic carbocycles. The second-order valence-electron chi connectivity index (χ2n) is 8.35. The molecule has 0 bridgehead atoms. The molecule has 1 aliphatic rings. The van der Waals surface area contributed by atoms with Crippen LogP contribution in [0.2, 0.25) is 0 Å². The lowest BCUT2D eigenvalue weighted by molar-refractivity contribution is 0.556. The number of benzene rings is 2. The fourth-order valence-electron chi connectivity index (χ4n) is 4.76. The summed E-state index contributed by atoms with van der Waals surface area (Å²) in [5.74, 6) is 0. The van der Waals surface area contributed by atoms with E-state index in [2.05, 4.69) is 37.3 Å². The van der Waals surface area contributed by atoms with Gasteiger partial charge < -0.3 is 0 Å². The van der Waals surface area contributed by atoms with Crippen molar-refractivity contribution in [1.29, 1.82) is 0 Å². The molecule has 142 valence electrons. The summed E-state index contributed by atoms with van der Waals surface area (Å²) in [4.78, 5) is 0. The lowest BCUT2D eigenvalue weighted by atomic mass is 9.83. The zero-order chi connectivity index (χ0) is 18.0. The first-order valence-corrected chi connectivity index (χ1v) is 11.4. The molecule has 26 heavy (non-hydrogen) atoms. The number of aryl methyl sites for hydroxylation is 2. The van der Waals surface area contributed by atoms with E-state index in [1.54, 1.807) is 16.7 Å². The molecule has 0 heterocycles. The Morgan fingerprint density at radius 3 is 2.15 bits per heavy atom. The Morgan fingerprint density at radius 1 is 0.731 bits per heavy atom. The Hall–Kier alpha value is -1.30. The molecule has 0 fully saturated rings. The highest BCUT2D eigenvalue weighted by molar-refractivity contribution is 5.88. The van der Waals surface area contributed by atoms with Gasteiger partial charge in [-0.3, -0.25) is 0 Å². The van der Waals surface area contributed by atoms with Crippen molar-refractivity contribution in [2.75, 3.05) is 0 Å². The third-order valence-electron chi connectivity index (χ3n) is 6.27. The minimum absolute atomic E-state index is 1.29. The average Bonchev–Trinajstić information content (AvgIpc) is 2.68. The standard InChI is InChI=1S/C26H38/c1-2-3-4-5-6-7-8-9-10-11-20-26-24-18-14-12-16-22(24)21-23-17-13-15-19-25(23)26/h12,14,16,18,21H,2-11,13,15,17,19-20H2,1H3. The summed E-state index contributed by atoms with van der Waals surface area (Å²) < 4.78 is 0. The van der Waals surface area contributed by atoms with Crippen molar-refractivity contribution in [3.63, 3.8) is 0 Å². The molecule has 0 spiro atoms. The summed E-state index contributed by atoms with van der Waals surface area (Å²) >= 11 is 0. The highest BCUT2D eigenvalue weighted by atomic mass is 14.2. The fourth-order valence-corrected chi connectivity index (χ4v) is 4.76. The van der Waals surface area contributed by atoms with Gasteiger partial charge in [0.2, 0.25) is 0 Å². The van der Waals surface area contributed by atoms with Gasteiger partial charge in [0.25, 0.3) is 0 Å². The van der Waals surface area contributed by atoms with E-state index in [0.717, 1.165) is 0 Å². The van der Waals surface area contributed by atoms with E-state index in [0.29, 0.717) is 0 Å². The summed E-state index contributed by atoms with van der Waals surface area (Å²) in [5.41, 5.74) is 5.06. The van der Waals surface area contributed by atoms with E-state index in [4.69, 9.17) is 0 Å². The highest BCUT2D eigenvalue weighted by Gasteiger charge is 2.16. The second kappa shape index (κ2) is 10.8. The van der Waals surface area contributed by atoms with Crippen LogP contribution in [0.15, 0.2) is 30.3 Å². The van der Waals surface area contributed by atoms with Crippen LogP contribution in [0.4, 0.5) is 0 Å². The zero-order valence-corrected chi connectivity index (χ0v) is 17.0. The van der Waals surface area contributed by atoms with E-state index in [-0.39, 0.29) is 0 Å². The van der Waals surface area contributed by atoms with Gasteiger partial charge in [-0.15, -0.1) is 0 Å². The number of fused-ring (bicyclic) bond motifs is 2. The molecule has 0 amide bonds. The van der Waals surface area contributed by atoms with Crippen molar-refractivity contribution in [2.45, 2.75) is 103 Å². The molecule has 0 radical (unpaired) electrons. The van der Waals surface area contributed by atoms with E-state index in [9.17, 15) is 0 Å². The minimum Gasteiger partial charge on any atom is -0.0654 e. The molecule has 0 unspecified atom stereocenters. The molecular formula is C26H38. The Morgan fingerprint density at radius 2 is 1.38 bits per heavy atom. The van der Waals surface area contributed by atoms with Crippen LogP contribution >= 0.6 is 0 Å². The van der Waals surface area contributed by atoms with Crippen LogP contribution in [-0.4, -0.2) is 0 Å². The normalized spacial score (nSPS) is 13.9. The Kier molecular flexibility index (Phi) is 8.05. The molecule has 0 saturated carbocycles. The van der Waals surface area contributed by atoms with Crippen molar-refractivity contribution in [3.8, 4) is 0 Å². The van der Waals surface area contributed by atoms with Crippen LogP contribution in [0.3, 0.4) is 0 Å². The maximum Gasteiger partial charge on any atom is -0.0149 e. The maximum atomic E-state index is 2.48. The van der Waals surface area contributed by atoms with Crippen molar-refractivity contribution in [3.05, 3.63) is 47.0 Å². The van der Waals surface area contributed by atoms with Gasteiger partial charge in [-0.1, -0.05) is 95.0 Å². The molecule has 0 aromatic heterocycles. The molecule has 0 aliphatic heterocycles. The molecule has 0 saturated heterocycles. The van der Waals surface area contributed by atoms with Crippen LogP contribution in [0, 0.1) is 0 Å². The lowest BCUT2D eigenvalue weighted by Crippen LogP contribution is -2.07. The van der Waals surface area contributed by atoms with E-state index >= 15 is 0 Å². The van der Waals surface area contributed by atoms with Gasteiger partial charge in [0.05, 0.1) is 0 Å². The summed E-state index contributed by atoms with van der Waals surface area (Å²) in [6.45, 7) is 2.30. The van der Waals surface area contributed by atoms with Crippen molar-refractivity contribution < 1.29 is 0 Å². The number of unbranched alkanes of at least 4 members (excludes halogenated alkanes) is 9. The van der Waals surface area contributed by atoms with Gasteiger partial charge in [0, 0.05) is 0 Å². The van der Waals surface area contributed by atoms with Crippen molar-refractivity contribution in [1.82, 2.24) is 0 Å². The first kappa shape index (κ1) is 19.5. The SMILES string of the molecule is CCCCCCCCCCCCc1c2c(cc3ccccc13)CCCC2. The van der Waals surface area contributed by atoms with Gasteiger partial charge in [-0.05, 0) is 66.0 Å². The Bertz CT molecular complexity index is 667. The summed E-state index contributed by atoms with van der Waals surface area (Å²) in [6, 6.07) is 11.6. The quantitative estimate of drug-likeness (QED) is 0.358. The Balaban J connectivity index is 1.48. The largest absolute Gasteiger partial charge is 0.0654 e. The zero-order valence-electron chi connectivity index (χ0n) is 17.0. The van der Waals surface area contributed by atoms with E-state index in [1.807, 2.05) is 0 Å². The maximum absolute atomic E-state index is 2.48. The van der Waals surface area contributed by atoms with Crippen molar-refractivity contribution >= 4 is 10.8 Å². The third kappa shape index (κ3) is 5.35. The Labute approximate surface area is 161 Å². The van der Waals surface area contributed by atoms with Gasteiger partial charge in [0.1, 0.15) is 0 Å². The van der Waals surface area contributed by atoms with Gasteiger partial charge in [-0.2, -0.15) is 0 Å². The minimum atomic E-state index is 1.29. The first-order valence-electron chi connectivity index (χ1n) is 11.4. The monoisotopic (exact) mass is 350 g/mol. The molecular weight excluding hydrogens is 312 g/mol. The van der Waals surface area contributed by atoms with Crippen LogP contribution in [-0.2, 0) is 19.3 Å². The fraction of sp³-hybridized carbons (Fsp3) is 0.615. The van der Waals surface area contributed by atoms with Crippen LogP contribution in [0.1, 0.15) is 101 Å². The van der Waals surface area contributed by atoms with Crippen LogP contribution in [0.25, 0.3) is 10.8 Å². The predicted octanol–water partition coefficient (Wildman–Crippen LogP) is 8.18. The predicted molar refractivity (Wildman–Crippen MR) is 116 cm³/mol. The van der Waals surface area contributed by atoms with Crippen LogP contribution < -0.4 is 0 Å². The first-order chi connectivity index (χ1) is 12.9. The molecule has 0 heteroatoms. The molecule has 3 rings (SSSR count). The summed E-state index contributed by atoms with van der Waals surface area (Å²) in [7, 11) is 0. The van der Waals surface area contributed by atoms with E-state index < -0.39 is 0 Å². The lowest BCUT2D eigenvalue weighted by Gasteiger charge is -2.22. The summed E-state index contributed by atoms with van der Waals surface area (Å²) in [5, 5.41) is 3.00. The second-order valence-corrected chi connectivity index (χ2v) is 8.35. The number of hydrogen-bond acceptors (Lipinski definition) is 0. The summed E-state index contributed by atoms with van der Waals surface area (Å²) in [6.07, 6.45) is 20.9. The number of rotatable bonds is 11. The topological polar surface area (TPSA) is 0 Å². The number of hydrogen-bond donors (Lipinski definition) is 0. The van der Waals surface area contributed by atoms with Crippen molar-refractivity contribution in [2.24, 2.45) is 0 Å². The smallest absolute Gasteiger partial charge is 0.0149 e.